The molecule has 1 N–H and O–H groups in total. The Bertz CT molecular complexity index is 1520. The molecule has 356 valence electrons. The Balaban J connectivity index is 7.08. The second kappa shape index (κ2) is 14.9. The molecule has 1 unspecified atom stereocenters. The van der Waals surface area contributed by atoms with Crippen molar-refractivity contribution in [3.63, 3.8) is 0 Å². The minimum absolute atomic E-state index is 1.24. The van der Waals surface area contributed by atoms with Crippen LogP contribution in [0.5, 0.6) is 0 Å². The molecule has 0 saturated heterocycles. The van der Waals surface area contributed by atoms with Crippen LogP contribution in [-0.2, 0) is 13.6 Å². The second-order valence-corrected chi connectivity index (χ2v) is 12.4. The monoisotopic (exact) mass is 990 g/mol. The molecule has 0 fully saturated rings. The maximum absolute atomic E-state index is 13.9. The van der Waals surface area contributed by atoms with Gasteiger partial charge in [0, 0.05) is 25.7 Å². The molecule has 0 spiro atoms. The van der Waals surface area contributed by atoms with Crippen molar-refractivity contribution in [1.29, 1.82) is 0 Å². The molecule has 0 heterocycles. The Labute approximate surface area is 298 Å². The molecular weight excluding hydrogens is 981 g/mol. The highest BCUT2D eigenvalue weighted by molar-refractivity contribution is 7.47. The molecule has 0 aliphatic carbocycles. The number of halogens is 34. The van der Waals surface area contributed by atoms with Crippen LogP contribution in [0.3, 0.4) is 0 Å². The average molecular weight is 990 g/mol. The number of phosphoric ester groups is 1. The van der Waals surface area contributed by atoms with Crippen molar-refractivity contribution >= 4 is 7.82 Å². The van der Waals surface area contributed by atoms with Gasteiger partial charge in [0.1, 0.15) is 0 Å². The van der Waals surface area contributed by atoms with Crippen molar-refractivity contribution in [2.45, 2.75) is 121 Å². The Kier molecular flexibility index (Phi) is 14.4. The summed E-state index contributed by atoms with van der Waals surface area (Å²) in [5.41, 5.74) is 0. The first-order valence-electron chi connectivity index (χ1n) is 13.0. The normalized spacial score (nSPS) is 17.7. The van der Waals surface area contributed by atoms with Gasteiger partial charge in [0.15, 0.2) is 0 Å². The Morgan fingerprint density at radius 2 is 0.458 bits per heavy atom. The van der Waals surface area contributed by atoms with E-state index < -0.39 is 129 Å². The molecular formula is C20H9F34O4P. The molecule has 4 nitrogen and oxygen atoms in total. The standard InChI is InChI=1S/C20H9F34O4P/c21-5(22,1-3-7(25,26)27)9(31,32)11(35,36)13(39,40)14(41,42)15(43,44)16(45,46)18(49,50)20(53,54)58-59(55,56)57-19(51,52)17(47,48)12(37,38)10(33,34)6(23,24)2-4-8(28,29)30/h1-4H2,(H,55,56). The third-order valence-electron chi connectivity index (χ3n) is 6.71. The Morgan fingerprint density at radius 1 is 0.288 bits per heavy atom. The molecule has 0 aromatic carbocycles. The maximum atomic E-state index is 13.9. The Hall–Kier alpha value is -2.27. The van der Waals surface area contributed by atoms with Gasteiger partial charge in [-0.15, -0.1) is 0 Å². The molecule has 59 heavy (non-hydrogen) atoms. The van der Waals surface area contributed by atoms with E-state index in [4.69, 9.17) is 4.89 Å². The molecule has 0 aromatic rings. The first-order chi connectivity index (χ1) is 24.8. The van der Waals surface area contributed by atoms with Crippen molar-refractivity contribution in [3.05, 3.63) is 0 Å². The van der Waals surface area contributed by atoms with E-state index >= 15 is 0 Å². The molecule has 0 aliphatic rings. The summed E-state index contributed by atoms with van der Waals surface area (Å²) in [5.74, 6) is -107. The van der Waals surface area contributed by atoms with Crippen LogP contribution in [-0.4, -0.2) is 101 Å². The highest BCUT2D eigenvalue weighted by Crippen LogP contribution is 2.68. The fourth-order valence-electron chi connectivity index (χ4n) is 3.34. The lowest BCUT2D eigenvalue weighted by Gasteiger charge is -2.44. The van der Waals surface area contributed by atoms with Gasteiger partial charge < -0.3 is 4.89 Å². The van der Waals surface area contributed by atoms with Crippen LogP contribution in [0.4, 0.5) is 149 Å². The van der Waals surface area contributed by atoms with Gasteiger partial charge in [-0.1, -0.05) is 0 Å². The highest BCUT2D eigenvalue weighted by atomic mass is 31.2. The predicted molar refractivity (Wildman–Crippen MR) is 112 cm³/mol. The van der Waals surface area contributed by atoms with Crippen LogP contribution >= 0.6 is 7.82 Å². The van der Waals surface area contributed by atoms with Gasteiger partial charge in [0.2, 0.25) is 0 Å². The van der Waals surface area contributed by atoms with E-state index in [-0.39, 0.29) is 0 Å². The van der Waals surface area contributed by atoms with E-state index in [1.54, 1.807) is 0 Å². The zero-order valence-corrected chi connectivity index (χ0v) is 26.7. The van der Waals surface area contributed by atoms with Gasteiger partial charge in [-0.05, 0) is 0 Å². The molecule has 0 bridgehead atoms. The molecule has 0 radical (unpaired) electrons. The molecule has 1 atom stereocenters. The molecule has 0 rings (SSSR count). The number of phosphoric acid groups is 1. The van der Waals surface area contributed by atoms with Gasteiger partial charge in [-0.2, -0.15) is 149 Å². The average Bonchev–Trinajstić information content (AvgIpc) is 2.96. The van der Waals surface area contributed by atoms with E-state index in [1.165, 1.54) is 9.05 Å². The van der Waals surface area contributed by atoms with Crippen LogP contribution in [0, 0.1) is 0 Å². The first-order valence-corrected chi connectivity index (χ1v) is 14.5. The minimum atomic E-state index is -9.76. The van der Waals surface area contributed by atoms with Crippen LogP contribution in [0.1, 0.15) is 25.7 Å². The molecule has 0 amide bonds. The van der Waals surface area contributed by atoms with E-state index in [9.17, 15) is 154 Å². The summed E-state index contributed by atoms with van der Waals surface area (Å²) in [6.45, 7) is 0. The zero-order valence-electron chi connectivity index (χ0n) is 25.8. The number of hydrogen-bond acceptors (Lipinski definition) is 3. The number of hydrogen-bond donors (Lipinski definition) is 1. The van der Waals surface area contributed by atoms with Gasteiger partial charge in [-0.3, -0.25) is 0 Å². The third-order valence-corrected chi connectivity index (χ3v) is 7.63. The lowest BCUT2D eigenvalue weighted by atomic mass is 9.86. The zero-order chi connectivity index (χ0) is 48.7. The van der Waals surface area contributed by atoms with Crippen molar-refractivity contribution < 1.29 is 168 Å². The smallest absolute Gasteiger partial charge is 0.302 e. The minimum Gasteiger partial charge on any atom is -0.302 e. The van der Waals surface area contributed by atoms with Crippen molar-refractivity contribution in [2.75, 3.05) is 0 Å². The summed E-state index contributed by atoms with van der Waals surface area (Å²) >= 11 is 0. The quantitative estimate of drug-likeness (QED) is 0.0975. The van der Waals surface area contributed by atoms with E-state index in [1.807, 2.05) is 0 Å². The van der Waals surface area contributed by atoms with E-state index in [2.05, 4.69) is 0 Å². The van der Waals surface area contributed by atoms with Crippen LogP contribution < -0.4 is 0 Å². The molecule has 0 aliphatic heterocycles. The number of rotatable bonds is 20. The predicted octanol–water partition coefficient (Wildman–Crippen LogP) is 12.6. The third kappa shape index (κ3) is 9.27. The maximum Gasteiger partial charge on any atom is 0.482 e. The topological polar surface area (TPSA) is 55.8 Å². The fourth-order valence-corrected chi connectivity index (χ4v) is 4.19. The second-order valence-electron chi connectivity index (χ2n) is 11.1. The fraction of sp³-hybridized carbons (Fsp3) is 1.00. The van der Waals surface area contributed by atoms with E-state index in [0.29, 0.717) is 0 Å². The summed E-state index contributed by atoms with van der Waals surface area (Å²) in [5, 5.41) is 0. The van der Waals surface area contributed by atoms with Crippen LogP contribution in [0.15, 0.2) is 0 Å². The summed E-state index contributed by atoms with van der Waals surface area (Å²) < 4.78 is 470. The van der Waals surface area contributed by atoms with Crippen molar-refractivity contribution in [1.82, 2.24) is 0 Å². The summed E-state index contributed by atoms with van der Waals surface area (Å²) in [6, 6.07) is 0. The van der Waals surface area contributed by atoms with Gasteiger partial charge in [-0.25, -0.2) is 13.6 Å². The highest BCUT2D eigenvalue weighted by Gasteiger charge is 2.97. The molecule has 0 aromatic heterocycles. The first kappa shape index (κ1) is 56.7. The van der Waals surface area contributed by atoms with Crippen molar-refractivity contribution in [2.24, 2.45) is 0 Å². The SMILES string of the molecule is O=P(O)(OC(F)(F)C(F)(F)C(F)(F)C(F)(F)C(F)(F)CCC(F)(F)F)OC(F)(F)C(F)(F)C(F)(F)C(F)(F)C(F)(F)C(F)(F)C(F)(F)C(F)(F)C(F)(F)CCC(F)(F)F. The van der Waals surface area contributed by atoms with Gasteiger partial charge in [0.05, 0.1) is 0 Å². The van der Waals surface area contributed by atoms with Crippen LogP contribution in [0.25, 0.3) is 0 Å². The van der Waals surface area contributed by atoms with Crippen molar-refractivity contribution in [3.8, 4) is 0 Å². The number of alkyl halides is 34. The van der Waals surface area contributed by atoms with E-state index in [0.717, 1.165) is 0 Å². The van der Waals surface area contributed by atoms with Gasteiger partial charge >= 0.3 is 103 Å². The summed E-state index contributed by atoms with van der Waals surface area (Å²) in [4.78, 5) is 8.59. The lowest BCUT2D eigenvalue weighted by Crippen LogP contribution is -2.76. The summed E-state index contributed by atoms with van der Waals surface area (Å²) in [6.07, 6.45) is -44.2. The summed E-state index contributed by atoms with van der Waals surface area (Å²) in [7, 11) is -9.28. The Morgan fingerprint density at radius 3 is 0.661 bits per heavy atom. The van der Waals surface area contributed by atoms with Crippen LogP contribution in [0.2, 0.25) is 0 Å². The lowest BCUT2D eigenvalue weighted by molar-refractivity contribution is -0.473. The molecule has 39 heteroatoms. The van der Waals surface area contributed by atoms with Gasteiger partial charge in [0.25, 0.3) is 0 Å². The largest absolute Gasteiger partial charge is 0.482 e. The molecule has 0 saturated carbocycles.